The minimum Gasteiger partial charge on any atom is -0.383 e. The normalized spacial score (nSPS) is 12.3. The first-order valence-electron chi connectivity index (χ1n) is 4.54. The molecule has 0 amide bonds. The van der Waals surface area contributed by atoms with Crippen LogP contribution in [0.5, 0.6) is 0 Å². The van der Waals surface area contributed by atoms with E-state index in [4.69, 9.17) is 9.47 Å². The third-order valence-corrected chi connectivity index (χ3v) is 3.73. The van der Waals surface area contributed by atoms with Crippen LogP contribution in [0.2, 0.25) is 0 Å². The van der Waals surface area contributed by atoms with Crippen molar-refractivity contribution in [3.05, 3.63) is 0 Å². The van der Waals surface area contributed by atoms with E-state index in [1.807, 2.05) is 0 Å². The predicted molar refractivity (Wildman–Crippen MR) is 54.8 cm³/mol. The standard InChI is InChI=1S/C8H19NO4S/c1-4-14(10,11)9(5-7-12-2)6-8-13-3/h4-8H2,1-3H3. The van der Waals surface area contributed by atoms with Crippen LogP contribution in [0.25, 0.3) is 0 Å². The van der Waals surface area contributed by atoms with Gasteiger partial charge in [-0.3, -0.25) is 0 Å². The molecule has 0 saturated heterocycles. The second-order valence-corrected chi connectivity index (χ2v) is 5.04. The summed E-state index contributed by atoms with van der Waals surface area (Å²) >= 11 is 0. The molecule has 0 aromatic heterocycles. The Labute approximate surface area is 86.0 Å². The summed E-state index contributed by atoms with van der Waals surface area (Å²) in [7, 11) is -0.0341. The largest absolute Gasteiger partial charge is 0.383 e. The number of nitrogens with zero attached hydrogens (tertiary/aromatic N) is 1. The summed E-state index contributed by atoms with van der Waals surface area (Å²) < 4.78 is 34.1. The molecule has 6 heteroatoms. The van der Waals surface area contributed by atoms with Gasteiger partial charge in [0.25, 0.3) is 0 Å². The van der Waals surface area contributed by atoms with Crippen molar-refractivity contribution in [1.82, 2.24) is 4.31 Å². The number of sulfonamides is 1. The van der Waals surface area contributed by atoms with Crippen LogP contribution in [-0.4, -0.2) is 59.0 Å². The van der Waals surface area contributed by atoms with Crippen molar-refractivity contribution < 1.29 is 17.9 Å². The molecule has 0 rings (SSSR count). The Kier molecular flexibility index (Phi) is 7.08. The average molecular weight is 225 g/mol. The molecule has 0 unspecified atom stereocenters. The maximum absolute atomic E-state index is 11.5. The van der Waals surface area contributed by atoms with E-state index < -0.39 is 10.0 Å². The third kappa shape index (κ3) is 4.90. The summed E-state index contributed by atoms with van der Waals surface area (Å²) in [5.41, 5.74) is 0. The highest BCUT2D eigenvalue weighted by Crippen LogP contribution is 2.00. The average Bonchev–Trinajstić information content (AvgIpc) is 2.17. The topological polar surface area (TPSA) is 55.8 Å². The zero-order chi connectivity index (χ0) is 11.0. The van der Waals surface area contributed by atoms with Crippen molar-refractivity contribution in [3.8, 4) is 0 Å². The molecule has 0 fully saturated rings. The monoisotopic (exact) mass is 225 g/mol. The van der Waals surface area contributed by atoms with Crippen LogP contribution < -0.4 is 0 Å². The van der Waals surface area contributed by atoms with Crippen molar-refractivity contribution in [2.24, 2.45) is 0 Å². The highest BCUT2D eigenvalue weighted by molar-refractivity contribution is 7.89. The lowest BCUT2D eigenvalue weighted by molar-refractivity contribution is 0.150. The summed E-state index contributed by atoms with van der Waals surface area (Å²) in [5.74, 6) is 0.112. The first kappa shape index (κ1) is 13.8. The fourth-order valence-electron chi connectivity index (χ4n) is 0.959. The summed E-state index contributed by atoms with van der Waals surface area (Å²) in [5, 5.41) is 0. The van der Waals surface area contributed by atoms with Gasteiger partial charge in [-0.1, -0.05) is 0 Å². The highest BCUT2D eigenvalue weighted by atomic mass is 32.2. The number of methoxy groups -OCH3 is 2. The summed E-state index contributed by atoms with van der Waals surface area (Å²) in [4.78, 5) is 0. The van der Waals surface area contributed by atoms with E-state index >= 15 is 0 Å². The fourth-order valence-corrected chi connectivity index (χ4v) is 2.03. The summed E-state index contributed by atoms with van der Waals surface area (Å²) in [6.07, 6.45) is 0. The summed E-state index contributed by atoms with van der Waals surface area (Å²) in [6.45, 7) is 3.21. The van der Waals surface area contributed by atoms with Gasteiger partial charge < -0.3 is 9.47 Å². The van der Waals surface area contributed by atoms with Crippen molar-refractivity contribution in [3.63, 3.8) is 0 Å². The third-order valence-electron chi connectivity index (χ3n) is 1.85. The van der Waals surface area contributed by atoms with Gasteiger partial charge in [0.2, 0.25) is 10.0 Å². The van der Waals surface area contributed by atoms with Crippen LogP contribution >= 0.6 is 0 Å². The van der Waals surface area contributed by atoms with Crippen LogP contribution in [0.15, 0.2) is 0 Å². The number of hydrogen-bond acceptors (Lipinski definition) is 4. The maximum Gasteiger partial charge on any atom is 0.213 e. The van der Waals surface area contributed by atoms with Crippen molar-refractivity contribution in [2.75, 3.05) is 46.3 Å². The SMILES string of the molecule is CCS(=O)(=O)N(CCOC)CCOC. The molecule has 0 N–H and O–H groups in total. The molecule has 0 aliphatic heterocycles. The molecular weight excluding hydrogens is 206 g/mol. The quantitative estimate of drug-likeness (QED) is 0.580. The molecule has 0 radical (unpaired) electrons. The first-order chi connectivity index (χ1) is 6.58. The molecule has 14 heavy (non-hydrogen) atoms. The molecule has 0 aliphatic carbocycles. The number of hydrogen-bond donors (Lipinski definition) is 0. The van der Waals surface area contributed by atoms with Crippen molar-refractivity contribution in [1.29, 1.82) is 0 Å². The van der Waals surface area contributed by atoms with Gasteiger partial charge in [0.15, 0.2) is 0 Å². The van der Waals surface area contributed by atoms with Crippen molar-refractivity contribution in [2.45, 2.75) is 6.92 Å². The Morgan fingerprint density at radius 2 is 1.50 bits per heavy atom. The van der Waals surface area contributed by atoms with E-state index in [0.717, 1.165) is 0 Å². The molecule has 86 valence electrons. The number of rotatable bonds is 8. The van der Waals surface area contributed by atoms with E-state index in [0.29, 0.717) is 26.3 Å². The Morgan fingerprint density at radius 3 is 1.79 bits per heavy atom. The molecule has 0 atom stereocenters. The van der Waals surface area contributed by atoms with E-state index in [-0.39, 0.29) is 5.75 Å². The fraction of sp³-hybridized carbons (Fsp3) is 1.00. The predicted octanol–water partition coefficient (Wildman–Crippen LogP) is -0.0691. The number of ether oxygens (including phenoxy) is 2. The van der Waals surface area contributed by atoms with Crippen LogP contribution in [0.4, 0.5) is 0 Å². The highest BCUT2D eigenvalue weighted by Gasteiger charge is 2.18. The lowest BCUT2D eigenvalue weighted by atomic mass is 10.6. The van der Waals surface area contributed by atoms with Crippen LogP contribution in [-0.2, 0) is 19.5 Å². The van der Waals surface area contributed by atoms with Gasteiger partial charge in [-0.2, -0.15) is 4.31 Å². The van der Waals surface area contributed by atoms with Gasteiger partial charge >= 0.3 is 0 Å². The molecular formula is C8H19NO4S. The zero-order valence-electron chi connectivity index (χ0n) is 9.02. The molecule has 0 saturated carbocycles. The van der Waals surface area contributed by atoms with Gasteiger partial charge in [-0.05, 0) is 6.92 Å². The van der Waals surface area contributed by atoms with Crippen LogP contribution in [0.3, 0.4) is 0 Å². The lowest BCUT2D eigenvalue weighted by Crippen LogP contribution is -2.37. The molecule has 0 bridgehead atoms. The van der Waals surface area contributed by atoms with E-state index in [1.165, 1.54) is 4.31 Å². The molecule has 0 aliphatic rings. The van der Waals surface area contributed by atoms with Crippen molar-refractivity contribution >= 4 is 10.0 Å². The Balaban J connectivity index is 4.23. The van der Waals surface area contributed by atoms with Crippen LogP contribution in [0, 0.1) is 0 Å². The van der Waals surface area contributed by atoms with Gasteiger partial charge in [0.05, 0.1) is 19.0 Å². The minimum atomic E-state index is -3.13. The van der Waals surface area contributed by atoms with Gasteiger partial charge in [-0.25, -0.2) is 8.42 Å². The molecule has 0 aromatic carbocycles. The Hall–Kier alpha value is -0.170. The summed E-state index contributed by atoms with van der Waals surface area (Å²) in [6, 6.07) is 0. The zero-order valence-corrected chi connectivity index (χ0v) is 9.84. The van der Waals surface area contributed by atoms with Gasteiger partial charge in [-0.15, -0.1) is 0 Å². The minimum absolute atomic E-state index is 0.112. The van der Waals surface area contributed by atoms with E-state index in [1.54, 1.807) is 21.1 Å². The second kappa shape index (κ2) is 7.17. The van der Waals surface area contributed by atoms with E-state index in [9.17, 15) is 8.42 Å². The van der Waals surface area contributed by atoms with Gasteiger partial charge in [0.1, 0.15) is 0 Å². The van der Waals surface area contributed by atoms with E-state index in [2.05, 4.69) is 0 Å². The van der Waals surface area contributed by atoms with Gasteiger partial charge in [0, 0.05) is 27.3 Å². The Morgan fingerprint density at radius 1 is 1.07 bits per heavy atom. The smallest absolute Gasteiger partial charge is 0.213 e. The second-order valence-electron chi connectivity index (χ2n) is 2.79. The molecule has 5 nitrogen and oxygen atoms in total. The molecule has 0 spiro atoms. The lowest BCUT2D eigenvalue weighted by Gasteiger charge is -2.20. The Bertz CT molecular complexity index is 219. The first-order valence-corrected chi connectivity index (χ1v) is 6.15. The van der Waals surface area contributed by atoms with Crippen LogP contribution in [0.1, 0.15) is 6.92 Å². The molecule has 0 aromatic rings. The molecule has 0 heterocycles. The maximum atomic E-state index is 11.5.